The second-order valence-corrected chi connectivity index (χ2v) is 22.0. The summed E-state index contributed by atoms with van der Waals surface area (Å²) in [5.41, 5.74) is 0. The number of hydrogen-bond acceptors (Lipinski definition) is 6. The molecule has 0 aliphatic rings. The van der Waals surface area contributed by atoms with E-state index in [1.54, 1.807) is 0 Å². The summed E-state index contributed by atoms with van der Waals surface area (Å²) in [5.74, 6) is -0.869. The van der Waals surface area contributed by atoms with E-state index in [1.165, 1.54) is 173 Å². The zero-order valence-electron chi connectivity index (χ0n) is 51.4. The third kappa shape index (κ3) is 63.2. The van der Waals surface area contributed by atoms with Crippen molar-refractivity contribution in [3.05, 3.63) is 97.2 Å². The van der Waals surface area contributed by atoms with E-state index in [9.17, 15) is 14.4 Å². The Balaban J connectivity index is 4.21. The smallest absolute Gasteiger partial charge is 0.306 e. The normalized spacial score (nSPS) is 12.7. The second kappa shape index (κ2) is 65.8. The Hall–Kier alpha value is -3.67. The molecule has 0 saturated heterocycles. The van der Waals surface area contributed by atoms with Gasteiger partial charge in [-0.05, 0) is 96.3 Å². The van der Waals surface area contributed by atoms with Gasteiger partial charge in [-0.25, -0.2) is 0 Å². The Morgan fingerprint density at radius 2 is 0.500 bits per heavy atom. The van der Waals surface area contributed by atoms with Gasteiger partial charge in [0.25, 0.3) is 0 Å². The summed E-state index contributed by atoms with van der Waals surface area (Å²) < 4.78 is 16.9. The van der Waals surface area contributed by atoms with Crippen molar-refractivity contribution in [3.63, 3.8) is 0 Å². The van der Waals surface area contributed by atoms with Crippen molar-refractivity contribution in [1.82, 2.24) is 0 Å². The summed E-state index contributed by atoms with van der Waals surface area (Å²) >= 11 is 0. The number of carbonyl (C=O) groups is 3. The van der Waals surface area contributed by atoms with Crippen LogP contribution in [0.3, 0.4) is 0 Å². The summed E-state index contributed by atoms with van der Waals surface area (Å²) in [7, 11) is 0. The van der Waals surface area contributed by atoms with E-state index in [0.717, 1.165) is 109 Å². The topological polar surface area (TPSA) is 78.9 Å². The highest BCUT2D eigenvalue weighted by atomic mass is 16.6. The van der Waals surface area contributed by atoms with Crippen LogP contribution < -0.4 is 0 Å². The first kappa shape index (κ1) is 74.3. The summed E-state index contributed by atoms with van der Waals surface area (Å²) in [6.45, 7) is 6.43. The molecule has 0 aliphatic carbocycles. The van der Waals surface area contributed by atoms with Crippen LogP contribution in [0.4, 0.5) is 0 Å². The molecule has 0 amide bonds. The monoisotopic (exact) mass is 1080 g/mol. The largest absolute Gasteiger partial charge is 0.462 e. The molecule has 0 N–H and O–H groups in total. The molecule has 0 heterocycles. The molecule has 78 heavy (non-hydrogen) atoms. The number of unbranched alkanes of at least 4 members (excludes halogenated alkanes) is 33. The number of hydrogen-bond donors (Lipinski definition) is 0. The van der Waals surface area contributed by atoms with Gasteiger partial charge in [0.2, 0.25) is 0 Å². The van der Waals surface area contributed by atoms with Gasteiger partial charge in [0.15, 0.2) is 6.10 Å². The molecule has 0 rings (SSSR count). The molecule has 0 bridgehead atoms. The van der Waals surface area contributed by atoms with Crippen molar-refractivity contribution in [2.75, 3.05) is 13.2 Å². The van der Waals surface area contributed by atoms with Gasteiger partial charge in [-0.15, -0.1) is 0 Å². The number of rotatable bonds is 60. The molecule has 0 spiro atoms. The zero-order valence-corrected chi connectivity index (χ0v) is 51.4. The summed E-state index contributed by atoms with van der Waals surface area (Å²) in [6, 6.07) is 0. The standard InChI is InChI=1S/C72H124O6/c1-4-7-10-13-16-19-22-24-26-28-30-32-34-35-36-37-39-40-42-44-46-48-50-53-56-59-62-65-71(74)77-68-69(67-76-70(73)64-61-58-55-52-21-18-15-12-9-6-3)78-72(75)66-63-60-57-54-51-49-47-45-43-41-38-33-31-29-27-25-23-20-17-14-11-8-5-2/h7-8,10-11,16-17,19-20,24-27,30-33,69H,4-6,9,12-15,18,21-23,28-29,34-68H2,1-3H3/b10-7-,11-8-,19-16-,20-17-,26-24-,27-25-,32-30-,33-31-. The lowest BCUT2D eigenvalue weighted by molar-refractivity contribution is -0.167. The minimum atomic E-state index is -0.779. The lowest BCUT2D eigenvalue weighted by Gasteiger charge is -2.18. The van der Waals surface area contributed by atoms with Gasteiger partial charge in [0.05, 0.1) is 0 Å². The van der Waals surface area contributed by atoms with E-state index in [1.807, 2.05) is 0 Å². The van der Waals surface area contributed by atoms with Crippen molar-refractivity contribution in [3.8, 4) is 0 Å². The number of ether oxygens (including phenoxy) is 3. The van der Waals surface area contributed by atoms with E-state index >= 15 is 0 Å². The summed E-state index contributed by atoms with van der Waals surface area (Å²) in [6.07, 6.45) is 88.6. The van der Waals surface area contributed by atoms with E-state index in [0.29, 0.717) is 19.3 Å². The quantitative estimate of drug-likeness (QED) is 0.0261. The van der Waals surface area contributed by atoms with Crippen molar-refractivity contribution < 1.29 is 28.6 Å². The number of allylic oxidation sites excluding steroid dienone is 16. The first-order valence-electron chi connectivity index (χ1n) is 33.2. The first-order chi connectivity index (χ1) is 38.5. The third-order valence-electron chi connectivity index (χ3n) is 14.3. The highest BCUT2D eigenvalue weighted by molar-refractivity contribution is 5.71. The van der Waals surface area contributed by atoms with Crippen molar-refractivity contribution in [1.29, 1.82) is 0 Å². The molecule has 1 atom stereocenters. The molecule has 0 aromatic heterocycles. The van der Waals surface area contributed by atoms with Crippen LogP contribution in [-0.2, 0) is 28.6 Å². The molecule has 0 radical (unpaired) electrons. The predicted molar refractivity (Wildman–Crippen MR) is 339 cm³/mol. The van der Waals surface area contributed by atoms with Gasteiger partial charge >= 0.3 is 17.9 Å². The Morgan fingerprint density at radius 1 is 0.269 bits per heavy atom. The van der Waals surface area contributed by atoms with Crippen molar-refractivity contribution >= 4 is 17.9 Å². The fourth-order valence-corrected chi connectivity index (χ4v) is 9.43. The first-order valence-corrected chi connectivity index (χ1v) is 33.2. The maximum Gasteiger partial charge on any atom is 0.306 e. The van der Waals surface area contributed by atoms with Crippen LogP contribution in [0.25, 0.3) is 0 Å². The SMILES string of the molecule is CC/C=C\C/C=C\C/C=C\C/C=C\CCCCCCCCCCCCCCCCC(=O)OCC(COC(=O)CCCCCCCCCCCC)OC(=O)CCCCCCCCCCCC/C=C\C/C=C\C/C=C\C/C=C\CC. The van der Waals surface area contributed by atoms with E-state index in [2.05, 4.69) is 118 Å². The van der Waals surface area contributed by atoms with Crippen LogP contribution in [0.2, 0.25) is 0 Å². The van der Waals surface area contributed by atoms with Crippen LogP contribution in [0.5, 0.6) is 0 Å². The molecule has 6 heteroatoms. The van der Waals surface area contributed by atoms with Crippen LogP contribution in [0.15, 0.2) is 97.2 Å². The maximum atomic E-state index is 12.9. The molecule has 448 valence electrons. The van der Waals surface area contributed by atoms with Crippen LogP contribution in [0, 0.1) is 0 Å². The molecule has 0 aliphatic heterocycles. The highest BCUT2D eigenvalue weighted by Gasteiger charge is 2.19. The zero-order chi connectivity index (χ0) is 56.4. The fraction of sp³-hybridized carbons (Fsp3) is 0.736. The molecular weight excluding hydrogens is 961 g/mol. The van der Waals surface area contributed by atoms with E-state index in [4.69, 9.17) is 14.2 Å². The Kier molecular flexibility index (Phi) is 62.7. The van der Waals surface area contributed by atoms with Crippen LogP contribution >= 0.6 is 0 Å². The maximum absolute atomic E-state index is 12.9. The average Bonchev–Trinajstić information content (AvgIpc) is 3.44. The lowest BCUT2D eigenvalue weighted by Crippen LogP contribution is -2.30. The van der Waals surface area contributed by atoms with Gasteiger partial charge in [-0.3, -0.25) is 14.4 Å². The second-order valence-electron chi connectivity index (χ2n) is 22.0. The molecule has 0 aromatic carbocycles. The van der Waals surface area contributed by atoms with Crippen molar-refractivity contribution in [2.45, 2.75) is 329 Å². The fourth-order valence-electron chi connectivity index (χ4n) is 9.43. The van der Waals surface area contributed by atoms with Gasteiger partial charge < -0.3 is 14.2 Å². The Labute approximate surface area is 483 Å². The number of esters is 3. The van der Waals surface area contributed by atoms with Crippen LogP contribution in [0.1, 0.15) is 323 Å². The van der Waals surface area contributed by atoms with Gasteiger partial charge in [0, 0.05) is 19.3 Å². The Bertz CT molecular complexity index is 1530. The minimum absolute atomic E-state index is 0.0756. The molecular formula is C72H124O6. The molecule has 1 unspecified atom stereocenters. The highest BCUT2D eigenvalue weighted by Crippen LogP contribution is 2.17. The number of carbonyl (C=O) groups excluding carboxylic acids is 3. The Morgan fingerprint density at radius 3 is 0.782 bits per heavy atom. The molecule has 6 nitrogen and oxygen atoms in total. The van der Waals surface area contributed by atoms with Crippen molar-refractivity contribution in [2.24, 2.45) is 0 Å². The minimum Gasteiger partial charge on any atom is -0.462 e. The third-order valence-corrected chi connectivity index (χ3v) is 14.3. The van der Waals surface area contributed by atoms with E-state index < -0.39 is 6.10 Å². The van der Waals surface area contributed by atoms with Gasteiger partial charge in [-0.1, -0.05) is 304 Å². The lowest BCUT2D eigenvalue weighted by atomic mass is 10.0. The van der Waals surface area contributed by atoms with Gasteiger partial charge in [0.1, 0.15) is 13.2 Å². The summed E-state index contributed by atoms with van der Waals surface area (Å²) in [4.78, 5) is 38.3. The molecule has 0 aromatic rings. The molecule has 0 saturated carbocycles. The predicted octanol–water partition coefficient (Wildman–Crippen LogP) is 22.8. The average molecular weight is 1090 g/mol. The van der Waals surface area contributed by atoms with Gasteiger partial charge in [-0.2, -0.15) is 0 Å². The van der Waals surface area contributed by atoms with Crippen LogP contribution in [-0.4, -0.2) is 37.2 Å². The molecule has 0 fully saturated rings. The summed E-state index contributed by atoms with van der Waals surface area (Å²) in [5, 5.41) is 0. The van der Waals surface area contributed by atoms with E-state index in [-0.39, 0.29) is 31.1 Å².